The third kappa shape index (κ3) is 2.81. The Morgan fingerprint density at radius 3 is 2.48 bits per heavy atom. The van der Waals surface area contributed by atoms with E-state index in [0.717, 1.165) is 56.1 Å². The van der Waals surface area contributed by atoms with E-state index in [-0.39, 0.29) is 18.3 Å². The van der Waals surface area contributed by atoms with Crippen LogP contribution in [0.1, 0.15) is 35.1 Å². The summed E-state index contributed by atoms with van der Waals surface area (Å²) in [6.07, 6.45) is 1.04. The summed E-state index contributed by atoms with van der Waals surface area (Å²) in [5, 5.41) is 7.93. The number of amides is 1. The highest BCUT2D eigenvalue weighted by atomic mass is 35.5. The lowest BCUT2D eigenvalue weighted by atomic mass is 10.0. The lowest BCUT2D eigenvalue weighted by Crippen LogP contribution is -2.32. The summed E-state index contributed by atoms with van der Waals surface area (Å²) < 4.78 is 1.97. The number of carbonyl (C=O) groups excluding carboxylic acids is 1. The predicted molar refractivity (Wildman–Crippen MR) is 85.0 cm³/mol. The van der Waals surface area contributed by atoms with Crippen molar-refractivity contribution >= 4 is 18.3 Å². The third-order valence-electron chi connectivity index (χ3n) is 4.71. The summed E-state index contributed by atoms with van der Waals surface area (Å²) in [5.41, 5.74) is 2.71. The first-order valence-corrected chi connectivity index (χ1v) is 7.65. The highest BCUT2D eigenvalue weighted by Crippen LogP contribution is 2.28. The maximum absolute atomic E-state index is 12.8. The molecular formula is C15H25ClN4O. The first-order valence-electron chi connectivity index (χ1n) is 7.65. The first-order chi connectivity index (χ1) is 9.61. The normalized spacial score (nSPS) is 24.0. The minimum Gasteiger partial charge on any atom is -0.338 e. The van der Waals surface area contributed by atoms with Crippen LogP contribution in [0.2, 0.25) is 0 Å². The minimum absolute atomic E-state index is 0. The number of rotatable bonds is 3. The standard InChI is InChI=1S/C15H24N4O.ClH/c1-4-5-19-11(3)14(10(2)17-19)15(20)18-8-12-6-16-7-13(12)9-18;/h12-13,16H,4-9H2,1-3H3;1H/t12-,13+;. The zero-order valence-corrected chi connectivity index (χ0v) is 13.9. The summed E-state index contributed by atoms with van der Waals surface area (Å²) in [5.74, 6) is 1.47. The van der Waals surface area contributed by atoms with Crippen LogP contribution in [0.4, 0.5) is 0 Å². The van der Waals surface area contributed by atoms with Gasteiger partial charge in [0.15, 0.2) is 0 Å². The van der Waals surface area contributed by atoms with E-state index in [1.54, 1.807) is 0 Å². The number of nitrogens with one attached hydrogen (secondary N) is 1. The number of nitrogens with zero attached hydrogens (tertiary/aromatic N) is 3. The van der Waals surface area contributed by atoms with E-state index in [0.29, 0.717) is 11.8 Å². The molecule has 2 saturated heterocycles. The van der Waals surface area contributed by atoms with Crippen molar-refractivity contribution in [3.05, 3.63) is 17.0 Å². The lowest BCUT2D eigenvalue weighted by molar-refractivity contribution is 0.0780. The van der Waals surface area contributed by atoms with Crippen LogP contribution in [0.3, 0.4) is 0 Å². The molecule has 3 heterocycles. The minimum atomic E-state index is 0. The van der Waals surface area contributed by atoms with Crippen LogP contribution in [0.15, 0.2) is 0 Å². The number of hydrogen-bond acceptors (Lipinski definition) is 3. The molecule has 2 aliphatic rings. The highest BCUT2D eigenvalue weighted by molar-refractivity contribution is 5.96. The molecule has 1 aromatic heterocycles. The molecule has 6 heteroatoms. The monoisotopic (exact) mass is 312 g/mol. The Labute approximate surface area is 132 Å². The van der Waals surface area contributed by atoms with Gasteiger partial charge in [0, 0.05) is 38.4 Å². The molecule has 0 bridgehead atoms. The molecule has 5 nitrogen and oxygen atoms in total. The summed E-state index contributed by atoms with van der Waals surface area (Å²) in [6.45, 7) is 10.9. The number of carbonyl (C=O) groups is 1. The summed E-state index contributed by atoms with van der Waals surface area (Å²) in [6, 6.07) is 0. The van der Waals surface area contributed by atoms with Crippen LogP contribution in [0.25, 0.3) is 0 Å². The Balaban J connectivity index is 0.00000161. The molecule has 2 atom stereocenters. The van der Waals surface area contributed by atoms with Gasteiger partial charge < -0.3 is 10.2 Å². The fraction of sp³-hybridized carbons (Fsp3) is 0.733. The van der Waals surface area contributed by atoms with Crippen molar-refractivity contribution < 1.29 is 4.79 Å². The predicted octanol–water partition coefficient (Wildman–Crippen LogP) is 1.62. The van der Waals surface area contributed by atoms with Gasteiger partial charge in [0.2, 0.25) is 0 Å². The SMILES string of the molecule is CCCn1nc(C)c(C(=O)N2C[C@H]3CNC[C@H]3C2)c1C.Cl. The van der Waals surface area contributed by atoms with Crippen molar-refractivity contribution in [3.63, 3.8) is 0 Å². The topological polar surface area (TPSA) is 50.2 Å². The van der Waals surface area contributed by atoms with Gasteiger partial charge >= 0.3 is 0 Å². The molecule has 2 aliphatic heterocycles. The average molecular weight is 313 g/mol. The van der Waals surface area contributed by atoms with Crippen molar-refractivity contribution in [1.29, 1.82) is 0 Å². The van der Waals surface area contributed by atoms with E-state index in [1.165, 1.54) is 0 Å². The van der Waals surface area contributed by atoms with Crippen LogP contribution >= 0.6 is 12.4 Å². The molecule has 0 unspecified atom stereocenters. The van der Waals surface area contributed by atoms with E-state index in [1.807, 2.05) is 23.4 Å². The van der Waals surface area contributed by atoms with Gasteiger partial charge in [-0.1, -0.05) is 6.92 Å². The van der Waals surface area contributed by atoms with Gasteiger partial charge in [0.05, 0.1) is 11.3 Å². The maximum Gasteiger partial charge on any atom is 0.257 e. The number of hydrogen-bond donors (Lipinski definition) is 1. The number of aromatic nitrogens is 2. The maximum atomic E-state index is 12.8. The fourth-order valence-electron chi connectivity index (χ4n) is 3.62. The molecule has 1 amide bonds. The number of aryl methyl sites for hydroxylation is 2. The van der Waals surface area contributed by atoms with Crippen molar-refractivity contribution in [2.75, 3.05) is 26.2 Å². The van der Waals surface area contributed by atoms with Gasteiger partial charge in [0.25, 0.3) is 5.91 Å². The summed E-state index contributed by atoms with van der Waals surface area (Å²) in [7, 11) is 0. The number of halogens is 1. The van der Waals surface area contributed by atoms with Crippen molar-refractivity contribution in [3.8, 4) is 0 Å². The molecule has 0 radical (unpaired) electrons. The molecule has 21 heavy (non-hydrogen) atoms. The fourth-order valence-corrected chi connectivity index (χ4v) is 3.62. The zero-order chi connectivity index (χ0) is 14.3. The Morgan fingerprint density at radius 2 is 1.90 bits per heavy atom. The van der Waals surface area contributed by atoms with Gasteiger partial charge in [0.1, 0.15) is 0 Å². The van der Waals surface area contributed by atoms with Gasteiger partial charge in [-0.3, -0.25) is 9.48 Å². The molecule has 2 fully saturated rings. The van der Waals surface area contributed by atoms with Gasteiger partial charge in [-0.05, 0) is 32.1 Å². The van der Waals surface area contributed by atoms with Crippen molar-refractivity contribution in [1.82, 2.24) is 20.0 Å². The van der Waals surface area contributed by atoms with Crippen LogP contribution in [-0.4, -0.2) is 46.8 Å². The molecule has 1 N–H and O–H groups in total. The molecular weight excluding hydrogens is 288 g/mol. The smallest absolute Gasteiger partial charge is 0.257 e. The van der Waals surface area contributed by atoms with Crippen molar-refractivity contribution in [2.24, 2.45) is 11.8 Å². The van der Waals surface area contributed by atoms with Crippen molar-refractivity contribution in [2.45, 2.75) is 33.7 Å². The second-order valence-corrected chi connectivity index (χ2v) is 6.16. The van der Waals surface area contributed by atoms with E-state index in [4.69, 9.17) is 0 Å². The van der Waals surface area contributed by atoms with Gasteiger partial charge in [-0.25, -0.2) is 0 Å². The molecule has 0 saturated carbocycles. The zero-order valence-electron chi connectivity index (χ0n) is 13.1. The third-order valence-corrected chi connectivity index (χ3v) is 4.71. The Bertz CT molecular complexity index is 516. The van der Waals surface area contributed by atoms with E-state index in [2.05, 4.69) is 17.3 Å². The number of likely N-dealkylation sites (tertiary alicyclic amines) is 1. The van der Waals surface area contributed by atoms with Gasteiger partial charge in [-0.2, -0.15) is 5.10 Å². The molecule has 0 spiro atoms. The molecule has 118 valence electrons. The van der Waals surface area contributed by atoms with Gasteiger partial charge in [-0.15, -0.1) is 12.4 Å². The largest absolute Gasteiger partial charge is 0.338 e. The lowest BCUT2D eigenvalue weighted by Gasteiger charge is -2.17. The van der Waals surface area contributed by atoms with Crippen LogP contribution in [0, 0.1) is 25.7 Å². The quantitative estimate of drug-likeness (QED) is 0.923. The average Bonchev–Trinajstić information content (AvgIpc) is 3.04. The van der Waals surface area contributed by atoms with E-state index >= 15 is 0 Å². The number of fused-ring (bicyclic) bond motifs is 1. The Kier molecular flexibility index (Phi) is 4.94. The highest BCUT2D eigenvalue weighted by Gasteiger charge is 2.39. The Morgan fingerprint density at radius 1 is 1.29 bits per heavy atom. The van der Waals surface area contributed by atoms with Crippen LogP contribution in [-0.2, 0) is 6.54 Å². The molecule has 0 aromatic carbocycles. The molecule has 0 aliphatic carbocycles. The molecule has 1 aromatic rings. The Hall–Kier alpha value is -1.07. The summed E-state index contributed by atoms with van der Waals surface area (Å²) >= 11 is 0. The second-order valence-electron chi connectivity index (χ2n) is 6.16. The van der Waals surface area contributed by atoms with E-state index in [9.17, 15) is 4.79 Å². The van der Waals surface area contributed by atoms with E-state index < -0.39 is 0 Å². The van der Waals surface area contributed by atoms with Crippen LogP contribution in [0.5, 0.6) is 0 Å². The second kappa shape index (κ2) is 6.36. The molecule has 3 rings (SSSR count). The van der Waals surface area contributed by atoms with Crippen LogP contribution < -0.4 is 5.32 Å². The first kappa shape index (κ1) is 16.3. The summed E-state index contributed by atoms with van der Waals surface area (Å²) in [4.78, 5) is 14.8.